The Morgan fingerprint density at radius 3 is 1.94 bits per heavy atom. The first kappa shape index (κ1) is 25.6. The quantitative estimate of drug-likeness (QED) is 0.145. The molecule has 0 bridgehead atoms. The molecular formula is C23H20F4O6. The number of hydrogen-bond acceptors (Lipinski definition) is 6. The Hall–Kier alpha value is -3.66. The highest BCUT2D eigenvalue weighted by Gasteiger charge is 2.23. The Labute approximate surface area is 186 Å². The second-order valence-electron chi connectivity index (χ2n) is 6.94. The van der Waals surface area contributed by atoms with Crippen LogP contribution in [0.15, 0.2) is 48.6 Å². The van der Waals surface area contributed by atoms with Gasteiger partial charge >= 0.3 is 11.9 Å². The standard InChI is InChI=1S/C23H20F4O6/c1-11(2)22(29)31-10-9-17(28)32-15-7-5-13(18(24)20(15)26)14-6-8-16(21(27)19(14)25)33-23(30)12(3)4/h5-8,23,30H,1,3,9-10H2,2,4H3. The van der Waals surface area contributed by atoms with Crippen LogP contribution in [-0.4, -0.2) is 29.9 Å². The summed E-state index contributed by atoms with van der Waals surface area (Å²) in [5.74, 6) is -9.50. The fourth-order valence-corrected chi connectivity index (χ4v) is 2.39. The van der Waals surface area contributed by atoms with Gasteiger partial charge in [-0.1, -0.05) is 13.2 Å². The summed E-state index contributed by atoms with van der Waals surface area (Å²) < 4.78 is 72.0. The topological polar surface area (TPSA) is 82.1 Å². The fourth-order valence-electron chi connectivity index (χ4n) is 2.39. The third kappa shape index (κ3) is 6.19. The van der Waals surface area contributed by atoms with Gasteiger partial charge < -0.3 is 19.3 Å². The summed E-state index contributed by atoms with van der Waals surface area (Å²) in [6.07, 6.45) is -2.05. The zero-order chi connectivity index (χ0) is 24.9. The normalized spacial score (nSPS) is 11.5. The predicted molar refractivity (Wildman–Crippen MR) is 109 cm³/mol. The molecule has 1 N–H and O–H groups in total. The lowest BCUT2D eigenvalue weighted by atomic mass is 10.0. The highest BCUT2D eigenvalue weighted by atomic mass is 19.2. The van der Waals surface area contributed by atoms with E-state index in [1.165, 1.54) is 13.8 Å². The van der Waals surface area contributed by atoms with E-state index in [2.05, 4.69) is 13.2 Å². The molecule has 0 saturated carbocycles. The van der Waals surface area contributed by atoms with Crippen LogP contribution in [0.4, 0.5) is 17.6 Å². The van der Waals surface area contributed by atoms with E-state index in [-0.39, 0.29) is 17.8 Å². The third-order valence-corrected chi connectivity index (χ3v) is 4.16. The van der Waals surface area contributed by atoms with Crippen LogP contribution >= 0.6 is 0 Å². The van der Waals surface area contributed by atoms with Crippen molar-refractivity contribution in [1.82, 2.24) is 0 Å². The SMILES string of the molecule is C=C(C)C(=O)OCCC(=O)Oc1ccc(-c2ccc(OC(O)C(=C)C)c(F)c2F)c(F)c1F. The summed E-state index contributed by atoms with van der Waals surface area (Å²) in [5.41, 5.74) is -1.04. The molecule has 1 unspecified atom stereocenters. The molecule has 0 aromatic heterocycles. The van der Waals surface area contributed by atoms with E-state index in [1.54, 1.807) is 0 Å². The first-order chi connectivity index (χ1) is 15.4. The first-order valence-electron chi connectivity index (χ1n) is 9.43. The second kappa shape index (κ2) is 10.8. The van der Waals surface area contributed by atoms with Gasteiger partial charge in [-0.25, -0.2) is 13.6 Å². The number of esters is 2. The molecule has 1 atom stereocenters. The number of halogens is 4. The van der Waals surface area contributed by atoms with E-state index < -0.39 is 70.5 Å². The maximum absolute atomic E-state index is 14.6. The summed E-state index contributed by atoms with van der Waals surface area (Å²) >= 11 is 0. The molecule has 0 saturated heterocycles. The zero-order valence-electron chi connectivity index (χ0n) is 17.7. The molecule has 0 aliphatic rings. The number of benzene rings is 2. The Morgan fingerprint density at radius 2 is 1.42 bits per heavy atom. The minimum Gasteiger partial charge on any atom is -0.462 e. The van der Waals surface area contributed by atoms with Crippen LogP contribution < -0.4 is 9.47 Å². The van der Waals surface area contributed by atoms with Crippen LogP contribution in [0.3, 0.4) is 0 Å². The van der Waals surface area contributed by atoms with Crippen LogP contribution in [0, 0.1) is 23.3 Å². The number of carbonyl (C=O) groups excluding carboxylic acids is 2. The van der Waals surface area contributed by atoms with Crippen molar-refractivity contribution in [2.45, 2.75) is 26.6 Å². The lowest BCUT2D eigenvalue weighted by Gasteiger charge is -2.15. The maximum atomic E-state index is 14.6. The molecule has 0 amide bonds. The Balaban J connectivity index is 2.20. The van der Waals surface area contributed by atoms with E-state index in [4.69, 9.17) is 14.2 Å². The average molecular weight is 468 g/mol. The fraction of sp³-hybridized carbons (Fsp3) is 0.217. The van der Waals surface area contributed by atoms with Crippen molar-refractivity contribution in [1.29, 1.82) is 0 Å². The molecule has 2 aromatic rings. The van der Waals surface area contributed by atoms with Crippen LogP contribution in [0.1, 0.15) is 20.3 Å². The van der Waals surface area contributed by atoms with Crippen molar-refractivity contribution in [2.75, 3.05) is 6.61 Å². The van der Waals surface area contributed by atoms with E-state index in [1.807, 2.05) is 0 Å². The number of hydrogen-bond donors (Lipinski definition) is 1. The Bertz CT molecular complexity index is 1110. The molecule has 0 radical (unpaired) electrons. The van der Waals surface area contributed by atoms with Gasteiger partial charge in [0, 0.05) is 16.7 Å². The molecule has 0 spiro atoms. The smallest absolute Gasteiger partial charge is 0.333 e. The average Bonchev–Trinajstić information content (AvgIpc) is 2.75. The van der Waals surface area contributed by atoms with Gasteiger partial charge in [-0.15, -0.1) is 0 Å². The summed E-state index contributed by atoms with van der Waals surface area (Å²) in [5, 5.41) is 9.58. The molecule has 2 rings (SSSR count). The summed E-state index contributed by atoms with van der Waals surface area (Å²) in [6, 6.07) is 3.61. The van der Waals surface area contributed by atoms with Crippen molar-refractivity contribution in [3.05, 3.63) is 71.8 Å². The second-order valence-corrected chi connectivity index (χ2v) is 6.94. The molecule has 0 aliphatic carbocycles. The van der Waals surface area contributed by atoms with Gasteiger partial charge in [0.2, 0.25) is 17.9 Å². The minimum absolute atomic E-state index is 0.113. The van der Waals surface area contributed by atoms with Gasteiger partial charge in [-0.3, -0.25) is 4.79 Å². The zero-order valence-corrected chi connectivity index (χ0v) is 17.7. The number of rotatable bonds is 9. The van der Waals surface area contributed by atoms with Crippen molar-refractivity contribution < 1.29 is 46.5 Å². The largest absolute Gasteiger partial charge is 0.462 e. The van der Waals surface area contributed by atoms with Crippen LogP contribution in [0.2, 0.25) is 0 Å². The highest BCUT2D eigenvalue weighted by Crippen LogP contribution is 2.35. The van der Waals surface area contributed by atoms with E-state index >= 15 is 0 Å². The molecule has 0 heterocycles. The maximum Gasteiger partial charge on any atom is 0.333 e. The molecule has 33 heavy (non-hydrogen) atoms. The van der Waals surface area contributed by atoms with E-state index in [0.29, 0.717) is 0 Å². The van der Waals surface area contributed by atoms with E-state index in [0.717, 1.165) is 24.3 Å². The van der Waals surface area contributed by atoms with Gasteiger partial charge in [-0.05, 0) is 43.7 Å². The number of carbonyl (C=O) groups is 2. The number of aliphatic hydroxyl groups is 1. The lowest BCUT2D eigenvalue weighted by molar-refractivity contribution is -0.142. The monoisotopic (exact) mass is 468 g/mol. The molecular weight excluding hydrogens is 448 g/mol. The van der Waals surface area contributed by atoms with E-state index in [9.17, 15) is 32.3 Å². The van der Waals surface area contributed by atoms with Crippen LogP contribution in [0.5, 0.6) is 11.5 Å². The van der Waals surface area contributed by atoms with Gasteiger partial charge in [-0.2, -0.15) is 8.78 Å². The Morgan fingerprint density at radius 1 is 0.909 bits per heavy atom. The lowest BCUT2D eigenvalue weighted by Crippen LogP contribution is -2.17. The summed E-state index contributed by atoms with van der Waals surface area (Å²) in [4.78, 5) is 23.0. The number of aliphatic hydroxyl groups excluding tert-OH is 1. The third-order valence-electron chi connectivity index (χ3n) is 4.16. The molecule has 2 aromatic carbocycles. The van der Waals surface area contributed by atoms with Gasteiger partial charge in [0.25, 0.3) is 0 Å². The molecule has 0 fully saturated rings. The van der Waals surface area contributed by atoms with Crippen molar-refractivity contribution >= 4 is 11.9 Å². The minimum atomic E-state index is -1.61. The summed E-state index contributed by atoms with van der Waals surface area (Å²) in [6.45, 7) is 9.19. The molecule has 176 valence electrons. The van der Waals surface area contributed by atoms with Crippen molar-refractivity contribution in [3.8, 4) is 22.6 Å². The molecule has 6 nitrogen and oxygen atoms in total. The van der Waals surface area contributed by atoms with Crippen molar-refractivity contribution in [2.24, 2.45) is 0 Å². The van der Waals surface area contributed by atoms with Gasteiger partial charge in [0.1, 0.15) is 6.61 Å². The summed E-state index contributed by atoms with van der Waals surface area (Å²) in [7, 11) is 0. The molecule has 0 aliphatic heterocycles. The molecule has 10 heteroatoms. The van der Waals surface area contributed by atoms with Gasteiger partial charge in [0.15, 0.2) is 23.1 Å². The number of ether oxygens (including phenoxy) is 3. The van der Waals surface area contributed by atoms with Crippen LogP contribution in [-0.2, 0) is 14.3 Å². The van der Waals surface area contributed by atoms with Crippen LogP contribution in [0.25, 0.3) is 11.1 Å². The predicted octanol–water partition coefficient (Wildman–Crippen LogP) is 4.60. The van der Waals surface area contributed by atoms with Gasteiger partial charge in [0.05, 0.1) is 6.42 Å². The first-order valence-corrected chi connectivity index (χ1v) is 9.43. The highest BCUT2D eigenvalue weighted by molar-refractivity contribution is 5.87. The Kier molecular flexibility index (Phi) is 8.36. The van der Waals surface area contributed by atoms with Crippen molar-refractivity contribution in [3.63, 3.8) is 0 Å².